The minimum atomic E-state index is -0.110. The zero-order valence-corrected chi connectivity index (χ0v) is 18.2. The van der Waals surface area contributed by atoms with Gasteiger partial charge in [-0.15, -0.1) is 0 Å². The van der Waals surface area contributed by atoms with Crippen molar-refractivity contribution in [3.05, 3.63) is 70.8 Å². The average Bonchev–Trinajstić information content (AvgIpc) is 3.05. The van der Waals surface area contributed by atoms with Gasteiger partial charge in [-0.1, -0.05) is 62.4 Å². The molecular formula is C28H32O2. The van der Waals surface area contributed by atoms with Crippen LogP contribution in [0.4, 0.5) is 0 Å². The number of ketones is 1. The summed E-state index contributed by atoms with van der Waals surface area (Å²) < 4.78 is 0. The molecule has 0 aliphatic heterocycles. The van der Waals surface area contributed by atoms with Gasteiger partial charge in [0.15, 0.2) is 0 Å². The van der Waals surface area contributed by atoms with Gasteiger partial charge in [-0.05, 0) is 84.1 Å². The molecule has 2 aromatic rings. The van der Waals surface area contributed by atoms with Gasteiger partial charge in [-0.25, -0.2) is 0 Å². The molecule has 0 unspecified atom stereocenters. The van der Waals surface area contributed by atoms with Crippen LogP contribution in [0.25, 0.3) is 6.08 Å². The van der Waals surface area contributed by atoms with Crippen molar-refractivity contribution < 1.29 is 9.90 Å². The molecule has 3 aliphatic rings. The van der Waals surface area contributed by atoms with Crippen LogP contribution in [0.5, 0.6) is 5.75 Å². The molecule has 5 rings (SSSR count). The van der Waals surface area contributed by atoms with E-state index in [1.54, 1.807) is 0 Å². The molecule has 0 spiro atoms. The summed E-state index contributed by atoms with van der Waals surface area (Å²) in [6.45, 7) is 4.68. The number of allylic oxidation sites excluding steroid dienone is 1. The number of aryl methyl sites for hydroxylation is 1. The normalized spacial score (nSPS) is 32.7. The zero-order chi connectivity index (χ0) is 20.9. The number of benzene rings is 2. The molecule has 4 atom stereocenters. The molecule has 0 bridgehead atoms. The van der Waals surface area contributed by atoms with Crippen molar-refractivity contribution in [2.75, 3.05) is 0 Å². The Morgan fingerprint density at radius 3 is 2.67 bits per heavy atom. The zero-order valence-electron chi connectivity index (χ0n) is 18.2. The van der Waals surface area contributed by atoms with Gasteiger partial charge in [0.1, 0.15) is 11.5 Å². The molecule has 156 valence electrons. The predicted octanol–water partition coefficient (Wildman–Crippen LogP) is 6.46. The average molecular weight is 401 g/mol. The van der Waals surface area contributed by atoms with Crippen molar-refractivity contribution in [2.45, 2.75) is 64.7 Å². The molecule has 0 saturated heterocycles. The van der Waals surface area contributed by atoms with Gasteiger partial charge in [0.25, 0.3) is 0 Å². The third-order valence-corrected chi connectivity index (χ3v) is 8.71. The summed E-state index contributed by atoms with van der Waals surface area (Å²) >= 11 is 0. The Hall–Kier alpha value is -2.35. The SMILES string of the molecule is C[C@@]12CCc3cc(O)c(C/C=C/c4ccccc4)cc3[C@H]1CC[C@]1(C)C(=O)CC[C@@H]21. The summed E-state index contributed by atoms with van der Waals surface area (Å²) in [6.07, 6.45) is 11.1. The van der Waals surface area contributed by atoms with E-state index in [1.165, 1.54) is 16.7 Å². The van der Waals surface area contributed by atoms with Crippen molar-refractivity contribution in [2.24, 2.45) is 16.7 Å². The Balaban J connectivity index is 1.45. The number of fused-ring (bicyclic) bond motifs is 5. The summed E-state index contributed by atoms with van der Waals surface area (Å²) in [6, 6.07) is 14.6. The van der Waals surface area contributed by atoms with E-state index in [-0.39, 0.29) is 10.8 Å². The highest BCUT2D eigenvalue weighted by Gasteiger charge is 2.60. The van der Waals surface area contributed by atoms with Gasteiger partial charge >= 0.3 is 0 Å². The first-order valence-corrected chi connectivity index (χ1v) is 11.5. The van der Waals surface area contributed by atoms with E-state index < -0.39 is 0 Å². The minimum Gasteiger partial charge on any atom is -0.508 e. The van der Waals surface area contributed by atoms with Crippen molar-refractivity contribution in [1.29, 1.82) is 0 Å². The Labute approximate surface area is 180 Å². The quantitative estimate of drug-likeness (QED) is 0.642. The van der Waals surface area contributed by atoms with Crippen LogP contribution < -0.4 is 0 Å². The summed E-state index contributed by atoms with van der Waals surface area (Å²) in [7, 11) is 0. The van der Waals surface area contributed by atoms with E-state index >= 15 is 0 Å². The highest BCUT2D eigenvalue weighted by Crippen LogP contribution is 2.65. The molecular weight excluding hydrogens is 368 g/mol. The fourth-order valence-corrected chi connectivity index (χ4v) is 7.01. The van der Waals surface area contributed by atoms with E-state index in [1.807, 2.05) is 24.3 Å². The molecule has 0 heterocycles. The number of hydrogen-bond acceptors (Lipinski definition) is 2. The maximum Gasteiger partial charge on any atom is 0.139 e. The van der Waals surface area contributed by atoms with E-state index in [0.717, 1.165) is 50.5 Å². The lowest BCUT2D eigenvalue weighted by Crippen LogP contribution is -2.49. The molecule has 2 nitrogen and oxygen atoms in total. The number of rotatable bonds is 3. The molecule has 2 saturated carbocycles. The fraction of sp³-hybridized carbons (Fsp3) is 0.464. The van der Waals surface area contributed by atoms with E-state index in [0.29, 0.717) is 23.4 Å². The van der Waals surface area contributed by atoms with Crippen LogP contribution in [0.1, 0.15) is 74.1 Å². The summed E-state index contributed by atoms with van der Waals surface area (Å²) in [5, 5.41) is 10.7. The van der Waals surface area contributed by atoms with Crippen LogP contribution in [0, 0.1) is 16.7 Å². The van der Waals surface area contributed by atoms with Gasteiger partial charge in [0, 0.05) is 11.8 Å². The number of carbonyl (C=O) groups excluding carboxylic acids is 1. The summed E-state index contributed by atoms with van der Waals surface area (Å²) in [5.74, 6) is 1.92. The molecule has 3 aliphatic carbocycles. The van der Waals surface area contributed by atoms with Gasteiger partial charge in [0.05, 0.1) is 0 Å². The van der Waals surface area contributed by atoms with Crippen LogP contribution in [0.15, 0.2) is 48.5 Å². The monoisotopic (exact) mass is 400 g/mol. The third kappa shape index (κ3) is 2.95. The number of aromatic hydroxyl groups is 1. The van der Waals surface area contributed by atoms with Gasteiger partial charge < -0.3 is 5.11 Å². The van der Waals surface area contributed by atoms with E-state index in [4.69, 9.17) is 0 Å². The molecule has 0 amide bonds. The van der Waals surface area contributed by atoms with E-state index in [2.05, 4.69) is 44.2 Å². The Morgan fingerprint density at radius 2 is 1.87 bits per heavy atom. The third-order valence-electron chi connectivity index (χ3n) is 8.71. The predicted molar refractivity (Wildman–Crippen MR) is 122 cm³/mol. The summed E-state index contributed by atoms with van der Waals surface area (Å²) in [4.78, 5) is 12.7. The molecule has 30 heavy (non-hydrogen) atoms. The minimum absolute atomic E-state index is 0.110. The van der Waals surface area contributed by atoms with Crippen LogP contribution in [0.2, 0.25) is 0 Å². The lowest BCUT2D eigenvalue weighted by atomic mass is 9.48. The number of hydrogen-bond donors (Lipinski definition) is 1. The van der Waals surface area contributed by atoms with Gasteiger partial charge in [-0.2, -0.15) is 0 Å². The standard InChI is InChI=1S/C28H32O2/c1-27-15-13-20-18-24(29)21(10-6-9-19-7-4-3-5-8-19)17-22(20)23(27)14-16-28(2)25(27)11-12-26(28)30/h3-9,17-18,23,25,29H,10-16H2,1-2H3/b9-6+/t23-,25+,27-,28+/m1/s1. The van der Waals surface area contributed by atoms with Gasteiger partial charge in [0.2, 0.25) is 0 Å². The lowest BCUT2D eigenvalue weighted by Gasteiger charge is -2.55. The topological polar surface area (TPSA) is 37.3 Å². The first-order valence-electron chi connectivity index (χ1n) is 11.5. The molecule has 0 aromatic heterocycles. The number of Topliss-reactive ketones (excluding diaryl/α,β-unsaturated/α-hetero) is 1. The second-order valence-electron chi connectivity index (χ2n) is 10.2. The highest BCUT2D eigenvalue weighted by atomic mass is 16.3. The second-order valence-corrected chi connectivity index (χ2v) is 10.2. The van der Waals surface area contributed by atoms with Crippen molar-refractivity contribution in [1.82, 2.24) is 0 Å². The van der Waals surface area contributed by atoms with Crippen LogP contribution >= 0.6 is 0 Å². The van der Waals surface area contributed by atoms with Crippen molar-refractivity contribution >= 4 is 11.9 Å². The van der Waals surface area contributed by atoms with Crippen LogP contribution in [-0.4, -0.2) is 10.9 Å². The largest absolute Gasteiger partial charge is 0.508 e. The van der Waals surface area contributed by atoms with Gasteiger partial charge in [-0.3, -0.25) is 4.79 Å². The maximum atomic E-state index is 12.7. The summed E-state index contributed by atoms with van der Waals surface area (Å²) in [5.41, 5.74) is 5.03. The number of carbonyl (C=O) groups is 1. The maximum absolute atomic E-state index is 12.7. The molecule has 2 fully saturated rings. The number of phenols is 1. The molecule has 1 N–H and O–H groups in total. The van der Waals surface area contributed by atoms with Crippen molar-refractivity contribution in [3.8, 4) is 5.75 Å². The first-order chi connectivity index (χ1) is 14.4. The Kier molecular flexibility index (Phi) is 4.65. The number of phenolic OH excluding ortho intramolecular Hbond substituents is 1. The second kappa shape index (κ2) is 7.11. The lowest BCUT2D eigenvalue weighted by molar-refractivity contribution is -0.132. The first kappa shape index (κ1) is 19.6. The Bertz CT molecular complexity index is 1000. The fourth-order valence-electron chi connectivity index (χ4n) is 7.01. The Morgan fingerprint density at radius 1 is 1.07 bits per heavy atom. The van der Waals surface area contributed by atoms with E-state index in [9.17, 15) is 9.90 Å². The molecule has 0 radical (unpaired) electrons. The molecule has 2 aromatic carbocycles. The van der Waals surface area contributed by atoms with Crippen molar-refractivity contribution in [3.63, 3.8) is 0 Å². The van der Waals surface area contributed by atoms with Crippen LogP contribution in [-0.2, 0) is 17.6 Å². The van der Waals surface area contributed by atoms with Crippen LogP contribution in [0.3, 0.4) is 0 Å². The smallest absolute Gasteiger partial charge is 0.139 e. The molecule has 2 heteroatoms. The highest BCUT2D eigenvalue weighted by molar-refractivity contribution is 5.87.